The maximum atomic E-state index is 13.2. The second-order valence-corrected chi connectivity index (χ2v) is 6.82. The van der Waals surface area contributed by atoms with Crippen LogP contribution in [0.4, 0.5) is 5.69 Å². The number of amides is 1. The highest BCUT2D eigenvalue weighted by Gasteiger charge is 2.54. The molecule has 5 nitrogen and oxygen atoms in total. The first-order valence-electron chi connectivity index (χ1n) is 9.04. The predicted octanol–water partition coefficient (Wildman–Crippen LogP) is 3.30. The third kappa shape index (κ3) is 2.62. The van der Waals surface area contributed by atoms with E-state index in [1.54, 1.807) is 18.9 Å². The number of anilines is 1. The molecule has 27 heavy (non-hydrogen) atoms. The van der Waals surface area contributed by atoms with E-state index in [-0.39, 0.29) is 25.5 Å². The van der Waals surface area contributed by atoms with Crippen molar-refractivity contribution in [1.29, 1.82) is 0 Å². The molecule has 1 atom stereocenters. The number of ether oxygens (including phenoxy) is 2. The lowest BCUT2D eigenvalue weighted by molar-refractivity contribution is -0.139. The molecule has 2 aromatic carbocycles. The smallest absolute Gasteiger partial charge is 0.337 e. The van der Waals surface area contributed by atoms with E-state index in [9.17, 15) is 9.59 Å². The van der Waals surface area contributed by atoms with Crippen molar-refractivity contribution >= 4 is 23.3 Å². The fourth-order valence-corrected chi connectivity index (χ4v) is 3.97. The molecule has 0 saturated heterocycles. The summed E-state index contributed by atoms with van der Waals surface area (Å²) in [7, 11) is 1.76. The highest BCUT2D eigenvalue weighted by atomic mass is 16.5. The van der Waals surface area contributed by atoms with Gasteiger partial charge < -0.3 is 14.4 Å². The van der Waals surface area contributed by atoms with Crippen LogP contribution in [0.1, 0.15) is 24.5 Å². The summed E-state index contributed by atoms with van der Waals surface area (Å²) in [5, 5.41) is 0. The first kappa shape index (κ1) is 17.3. The van der Waals surface area contributed by atoms with Crippen molar-refractivity contribution in [2.75, 3.05) is 25.2 Å². The zero-order valence-corrected chi connectivity index (χ0v) is 15.4. The van der Waals surface area contributed by atoms with Gasteiger partial charge in [-0.05, 0) is 18.6 Å². The molecule has 4 rings (SSSR count). The average Bonchev–Trinajstić information content (AvgIpc) is 2.91. The van der Waals surface area contributed by atoms with Gasteiger partial charge in [-0.25, -0.2) is 4.79 Å². The lowest BCUT2D eigenvalue weighted by Gasteiger charge is -2.34. The number of fused-ring (bicyclic) bond motifs is 2. The number of nitrogens with zero attached hydrogens (tertiary/aromatic N) is 1. The lowest BCUT2D eigenvalue weighted by atomic mass is 9.75. The van der Waals surface area contributed by atoms with Crippen LogP contribution < -0.4 is 4.90 Å². The van der Waals surface area contributed by atoms with Crippen LogP contribution in [0.25, 0.3) is 5.76 Å². The quantitative estimate of drug-likeness (QED) is 0.785. The Morgan fingerprint density at radius 2 is 1.85 bits per heavy atom. The van der Waals surface area contributed by atoms with Crippen molar-refractivity contribution in [3.05, 3.63) is 71.3 Å². The number of hydrogen-bond donors (Lipinski definition) is 0. The highest BCUT2D eigenvalue weighted by Crippen LogP contribution is 2.49. The standard InChI is InChI=1S/C22H21NO4/c1-3-26-20(24)16-13-22(14-27-19(16)15-9-5-4-6-10-15)17-11-7-8-12-18(17)23(2)21(22)25/h4-12H,3,13-14H2,1-2H3. The topological polar surface area (TPSA) is 55.8 Å². The molecular weight excluding hydrogens is 342 g/mol. The molecule has 5 heteroatoms. The minimum Gasteiger partial charge on any atom is -0.491 e. The number of esters is 1. The van der Waals surface area contributed by atoms with Gasteiger partial charge in [-0.15, -0.1) is 0 Å². The Bertz CT molecular complexity index is 934. The van der Waals surface area contributed by atoms with Crippen LogP contribution in [0.15, 0.2) is 60.2 Å². The highest BCUT2D eigenvalue weighted by molar-refractivity contribution is 6.10. The van der Waals surface area contributed by atoms with Gasteiger partial charge in [-0.2, -0.15) is 0 Å². The molecule has 0 N–H and O–H groups in total. The van der Waals surface area contributed by atoms with E-state index in [0.29, 0.717) is 11.3 Å². The van der Waals surface area contributed by atoms with Crippen LogP contribution in [-0.4, -0.2) is 32.1 Å². The first-order valence-corrected chi connectivity index (χ1v) is 9.04. The summed E-state index contributed by atoms with van der Waals surface area (Å²) in [4.78, 5) is 27.6. The second kappa shape index (κ2) is 6.58. The SMILES string of the molecule is CCOC(=O)C1=C(c2ccccc2)OCC2(C1)C(=O)N(C)c1ccccc12. The van der Waals surface area contributed by atoms with Crippen LogP contribution in [0.5, 0.6) is 0 Å². The van der Waals surface area contributed by atoms with E-state index >= 15 is 0 Å². The Morgan fingerprint density at radius 3 is 2.59 bits per heavy atom. The summed E-state index contributed by atoms with van der Waals surface area (Å²) in [5.41, 5.74) is 2.07. The molecule has 2 aliphatic heterocycles. The molecule has 0 fully saturated rings. The van der Waals surface area contributed by atoms with Crippen molar-refractivity contribution in [3.8, 4) is 0 Å². The van der Waals surface area contributed by atoms with Crippen LogP contribution in [-0.2, 0) is 24.5 Å². The zero-order chi connectivity index (χ0) is 19.0. The maximum Gasteiger partial charge on any atom is 0.337 e. The summed E-state index contributed by atoms with van der Waals surface area (Å²) in [6, 6.07) is 17.1. The van der Waals surface area contributed by atoms with Crippen molar-refractivity contribution in [2.45, 2.75) is 18.8 Å². The summed E-state index contributed by atoms with van der Waals surface area (Å²) < 4.78 is 11.4. The van der Waals surface area contributed by atoms with Crippen molar-refractivity contribution in [1.82, 2.24) is 0 Å². The molecule has 0 radical (unpaired) electrons. The third-order valence-corrected chi connectivity index (χ3v) is 5.27. The molecule has 0 aromatic heterocycles. The van der Waals surface area contributed by atoms with Gasteiger partial charge in [0.15, 0.2) is 0 Å². The normalized spacial score (nSPS) is 21.3. The van der Waals surface area contributed by atoms with Gasteiger partial charge in [0.1, 0.15) is 17.8 Å². The second-order valence-electron chi connectivity index (χ2n) is 6.82. The van der Waals surface area contributed by atoms with Crippen molar-refractivity contribution in [3.63, 3.8) is 0 Å². The van der Waals surface area contributed by atoms with Crippen LogP contribution >= 0.6 is 0 Å². The average molecular weight is 363 g/mol. The van der Waals surface area contributed by atoms with E-state index in [1.165, 1.54) is 0 Å². The van der Waals surface area contributed by atoms with Gasteiger partial charge in [-0.3, -0.25) is 4.79 Å². The van der Waals surface area contributed by atoms with Gasteiger partial charge >= 0.3 is 5.97 Å². The molecule has 2 aromatic rings. The summed E-state index contributed by atoms with van der Waals surface area (Å²) in [6.07, 6.45) is 0.260. The van der Waals surface area contributed by atoms with Gasteiger partial charge in [0.25, 0.3) is 0 Å². The fourth-order valence-electron chi connectivity index (χ4n) is 3.97. The number of para-hydroxylation sites is 1. The Hall–Kier alpha value is -3.08. The summed E-state index contributed by atoms with van der Waals surface area (Å²) >= 11 is 0. The predicted molar refractivity (Wildman–Crippen MR) is 102 cm³/mol. The molecule has 1 amide bonds. The van der Waals surface area contributed by atoms with Crippen molar-refractivity contribution in [2.24, 2.45) is 0 Å². The maximum absolute atomic E-state index is 13.2. The van der Waals surface area contributed by atoms with Gasteiger partial charge in [0, 0.05) is 24.7 Å². The molecule has 2 heterocycles. The van der Waals surface area contributed by atoms with Crippen LogP contribution in [0, 0.1) is 0 Å². The number of benzene rings is 2. The molecular formula is C22H21NO4. The minimum atomic E-state index is -0.897. The summed E-state index contributed by atoms with van der Waals surface area (Å²) in [6.45, 7) is 2.23. The molecule has 138 valence electrons. The fraction of sp³-hybridized carbons (Fsp3) is 0.273. The molecule has 2 aliphatic rings. The first-order chi connectivity index (χ1) is 13.1. The molecule has 1 unspecified atom stereocenters. The van der Waals surface area contributed by atoms with Crippen LogP contribution in [0.3, 0.4) is 0 Å². The van der Waals surface area contributed by atoms with Crippen LogP contribution in [0.2, 0.25) is 0 Å². The number of carbonyl (C=O) groups is 2. The Kier molecular flexibility index (Phi) is 4.22. The largest absolute Gasteiger partial charge is 0.491 e. The molecule has 0 saturated carbocycles. The van der Waals surface area contributed by atoms with E-state index in [4.69, 9.17) is 9.47 Å². The molecule has 0 aliphatic carbocycles. The number of carbonyl (C=O) groups excluding carboxylic acids is 2. The van der Waals surface area contributed by atoms with Gasteiger partial charge in [-0.1, -0.05) is 48.5 Å². The number of likely N-dealkylation sites (N-methyl/N-ethyl adjacent to an activating group) is 1. The molecule has 0 bridgehead atoms. The van der Waals surface area contributed by atoms with E-state index in [2.05, 4.69) is 0 Å². The molecule has 1 spiro atoms. The van der Waals surface area contributed by atoms with E-state index in [1.807, 2.05) is 54.6 Å². The van der Waals surface area contributed by atoms with Gasteiger partial charge in [0.05, 0.1) is 12.2 Å². The Balaban J connectivity index is 1.84. The Labute approximate surface area is 158 Å². The lowest BCUT2D eigenvalue weighted by Crippen LogP contribution is -2.45. The van der Waals surface area contributed by atoms with Crippen molar-refractivity contribution < 1.29 is 19.1 Å². The summed E-state index contributed by atoms with van der Waals surface area (Å²) in [5.74, 6) is 0.00683. The number of rotatable bonds is 3. The number of hydrogen-bond acceptors (Lipinski definition) is 4. The Morgan fingerprint density at radius 1 is 1.15 bits per heavy atom. The zero-order valence-electron chi connectivity index (χ0n) is 15.4. The monoisotopic (exact) mass is 363 g/mol. The van der Waals surface area contributed by atoms with E-state index in [0.717, 1.165) is 16.8 Å². The minimum absolute atomic E-state index is 0.0578. The van der Waals surface area contributed by atoms with E-state index < -0.39 is 11.4 Å². The van der Waals surface area contributed by atoms with Gasteiger partial charge in [0.2, 0.25) is 5.91 Å². The third-order valence-electron chi connectivity index (χ3n) is 5.27.